The van der Waals surface area contributed by atoms with Gasteiger partial charge in [0.05, 0.1) is 17.6 Å². The minimum Gasteiger partial charge on any atom is -0.372 e. The SMILES string of the molecule is Cc1ccc(-c2cc(C(C)(F)F)cnn2)cc1-c1ccnc(-c2ccnc(NC(=O)C3CC3)c2)c1.NC=O. The van der Waals surface area contributed by atoms with E-state index in [0.29, 0.717) is 17.1 Å². The molecule has 1 aromatic carbocycles. The number of rotatable bonds is 6. The van der Waals surface area contributed by atoms with Gasteiger partial charge in [0.1, 0.15) is 5.82 Å². The van der Waals surface area contributed by atoms with Gasteiger partial charge in [0.2, 0.25) is 12.3 Å². The molecule has 3 N–H and O–H groups in total. The maximum absolute atomic E-state index is 13.8. The van der Waals surface area contributed by atoms with Crippen LogP contribution in [0.1, 0.15) is 30.9 Å². The van der Waals surface area contributed by atoms with Gasteiger partial charge in [-0.25, -0.2) is 13.8 Å². The van der Waals surface area contributed by atoms with Gasteiger partial charge in [-0.2, -0.15) is 10.2 Å². The molecule has 0 saturated heterocycles. The summed E-state index contributed by atoms with van der Waals surface area (Å²) in [5, 5.41) is 10.7. The number of halogens is 2. The van der Waals surface area contributed by atoms with Crippen molar-refractivity contribution in [3.05, 3.63) is 78.2 Å². The van der Waals surface area contributed by atoms with Crippen molar-refractivity contribution in [1.29, 1.82) is 0 Å². The van der Waals surface area contributed by atoms with Crippen LogP contribution in [0.5, 0.6) is 0 Å². The molecular formula is C28H26F2N6O2. The summed E-state index contributed by atoms with van der Waals surface area (Å²) in [6.45, 7) is 2.83. The van der Waals surface area contributed by atoms with Crippen LogP contribution in [0, 0.1) is 12.8 Å². The highest BCUT2D eigenvalue weighted by Crippen LogP contribution is 2.33. The molecule has 1 aliphatic rings. The number of alkyl halides is 2. The number of nitrogens with zero attached hydrogens (tertiary/aromatic N) is 4. The number of primary amides is 1. The minimum absolute atomic E-state index is 0.00296. The first-order chi connectivity index (χ1) is 18.2. The number of hydrogen-bond acceptors (Lipinski definition) is 6. The Hall–Kier alpha value is -4.60. The van der Waals surface area contributed by atoms with Gasteiger partial charge in [-0.1, -0.05) is 12.1 Å². The molecule has 0 bridgehead atoms. The van der Waals surface area contributed by atoms with E-state index in [1.165, 1.54) is 6.07 Å². The van der Waals surface area contributed by atoms with Crippen LogP contribution < -0.4 is 11.1 Å². The van der Waals surface area contributed by atoms with Crippen molar-refractivity contribution < 1.29 is 18.4 Å². The normalized spacial score (nSPS) is 12.7. The van der Waals surface area contributed by atoms with Crippen LogP contribution in [0.4, 0.5) is 14.6 Å². The number of carbonyl (C=O) groups is 2. The third-order valence-corrected chi connectivity index (χ3v) is 6.02. The van der Waals surface area contributed by atoms with Crippen LogP contribution in [0.3, 0.4) is 0 Å². The fourth-order valence-corrected chi connectivity index (χ4v) is 3.83. The molecule has 2 amide bonds. The van der Waals surface area contributed by atoms with Crippen LogP contribution in [0.25, 0.3) is 33.6 Å². The van der Waals surface area contributed by atoms with Gasteiger partial charge >= 0.3 is 0 Å². The van der Waals surface area contributed by atoms with Crippen molar-refractivity contribution in [2.24, 2.45) is 11.7 Å². The highest BCUT2D eigenvalue weighted by molar-refractivity contribution is 5.93. The number of nitrogens with two attached hydrogens (primary N) is 1. The van der Waals surface area contributed by atoms with Gasteiger partial charge in [-0.3, -0.25) is 14.6 Å². The summed E-state index contributed by atoms with van der Waals surface area (Å²) < 4.78 is 27.6. The molecule has 0 radical (unpaired) electrons. The van der Waals surface area contributed by atoms with Crippen molar-refractivity contribution in [2.45, 2.75) is 32.6 Å². The Morgan fingerprint density at radius 2 is 1.68 bits per heavy atom. The number of aromatic nitrogens is 4. The summed E-state index contributed by atoms with van der Waals surface area (Å²) in [6.07, 6.45) is 6.54. The van der Waals surface area contributed by atoms with E-state index in [0.717, 1.165) is 53.9 Å². The lowest BCUT2D eigenvalue weighted by Crippen LogP contribution is -2.14. The Balaban J connectivity index is 0.00000107. The zero-order chi connectivity index (χ0) is 27.3. The molecule has 0 spiro atoms. The summed E-state index contributed by atoms with van der Waals surface area (Å²) >= 11 is 0. The largest absolute Gasteiger partial charge is 0.372 e. The average Bonchev–Trinajstić information content (AvgIpc) is 3.75. The highest BCUT2D eigenvalue weighted by atomic mass is 19.3. The number of aryl methyl sites for hydroxylation is 1. The maximum Gasteiger partial charge on any atom is 0.272 e. The zero-order valence-electron chi connectivity index (χ0n) is 20.9. The summed E-state index contributed by atoms with van der Waals surface area (Å²) in [5.74, 6) is -2.42. The molecule has 0 aliphatic heterocycles. The number of pyridine rings is 2. The van der Waals surface area contributed by atoms with E-state index in [9.17, 15) is 13.6 Å². The van der Waals surface area contributed by atoms with Gasteiger partial charge < -0.3 is 11.1 Å². The Kier molecular flexibility index (Phi) is 7.80. The first-order valence-corrected chi connectivity index (χ1v) is 11.9. The Bertz CT molecular complexity index is 1470. The standard InChI is InChI=1S/C27H23F2N5O.CH3NO/c1-16-3-4-19(24-14-21(15-32-34-24)27(2,28)29)11-22(16)18-7-9-30-23(12-18)20-8-10-31-25(13-20)33-26(35)17-5-6-17;2-1-3/h3-4,7-15,17H,5-6H2,1-2H3,(H,31,33,35);1H,(H2,2,3). The molecule has 38 heavy (non-hydrogen) atoms. The van der Waals surface area contributed by atoms with Gasteiger partial charge in [0.25, 0.3) is 5.92 Å². The van der Waals surface area contributed by atoms with Crippen molar-refractivity contribution in [1.82, 2.24) is 20.2 Å². The van der Waals surface area contributed by atoms with Crippen LogP contribution in [0.2, 0.25) is 0 Å². The predicted octanol–water partition coefficient (Wildman–Crippen LogP) is 5.14. The smallest absolute Gasteiger partial charge is 0.272 e. The lowest BCUT2D eigenvalue weighted by Gasteiger charge is -2.13. The van der Waals surface area contributed by atoms with E-state index in [2.05, 4.69) is 31.2 Å². The summed E-state index contributed by atoms with van der Waals surface area (Å²) in [7, 11) is 0. The van der Waals surface area contributed by atoms with E-state index >= 15 is 0 Å². The Labute approximate surface area is 218 Å². The third kappa shape index (κ3) is 6.39. The quantitative estimate of drug-likeness (QED) is 0.342. The third-order valence-electron chi connectivity index (χ3n) is 6.02. The molecule has 5 rings (SSSR count). The second-order valence-corrected chi connectivity index (χ2v) is 9.01. The summed E-state index contributed by atoms with van der Waals surface area (Å²) in [6, 6.07) is 14.6. The topological polar surface area (TPSA) is 124 Å². The molecule has 8 nitrogen and oxygen atoms in total. The Morgan fingerprint density at radius 3 is 2.39 bits per heavy atom. The molecule has 4 aromatic rings. The Morgan fingerprint density at radius 1 is 1.00 bits per heavy atom. The van der Waals surface area contributed by atoms with Crippen molar-refractivity contribution in [2.75, 3.05) is 5.32 Å². The summed E-state index contributed by atoms with van der Waals surface area (Å²) in [4.78, 5) is 29.4. The van der Waals surface area contributed by atoms with E-state index in [-0.39, 0.29) is 23.8 Å². The fraction of sp³-hybridized carbons (Fsp3) is 0.214. The lowest BCUT2D eigenvalue weighted by atomic mass is 9.96. The van der Waals surface area contributed by atoms with Crippen molar-refractivity contribution in [3.63, 3.8) is 0 Å². The minimum atomic E-state index is -3.00. The monoisotopic (exact) mass is 516 g/mol. The van der Waals surface area contributed by atoms with Crippen LogP contribution in [-0.2, 0) is 15.5 Å². The number of carbonyl (C=O) groups excluding carboxylic acids is 2. The zero-order valence-corrected chi connectivity index (χ0v) is 20.9. The van der Waals surface area contributed by atoms with Crippen molar-refractivity contribution >= 4 is 18.1 Å². The van der Waals surface area contributed by atoms with Gasteiger partial charge in [-0.05, 0) is 72.9 Å². The number of hydrogen-bond donors (Lipinski definition) is 2. The second-order valence-electron chi connectivity index (χ2n) is 9.01. The van der Waals surface area contributed by atoms with Gasteiger partial charge in [0, 0.05) is 41.9 Å². The van der Waals surface area contributed by atoms with E-state index in [1.807, 2.05) is 49.4 Å². The first kappa shape index (κ1) is 26.5. The summed E-state index contributed by atoms with van der Waals surface area (Å²) in [5.41, 5.74) is 9.47. The second kappa shape index (κ2) is 11.2. The maximum atomic E-state index is 13.8. The molecular weight excluding hydrogens is 490 g/mol. The molecule has 1 aliphatic carbocycles. The van der Waals surface area contributed by atoms with Crippen molar-refractivity contribution in [3.8, 4) is 33.6 Å². The van der Waals surface area contributed by atoms with Crippen LogP contribution >= 0.6 is 0 Å². The lowest BCUT2D eigenvalue weighted by molar-refractivity contribution is -0.117. The molecule has 1 saturated carbocycles. The molecule has 3 aromatic heterocycles. The number of amides is 2. The van der Waals surface area contributed by atoms with Crippen LogP contribution in [-0.4, -0.2) is 32.5 Å². The van der Waals surface area contributed by atoms with E-state index < -0.39 is 5.92 Å². The fourth-order valence-electron chi connectivity index (χ4n) is 3.83. The van der Waals surface area contributed by atoms with E-state index in [4.69, 9.17) is 4.79 Å². The highest BCUT2D eigenvalue weighted by Gasteiger charge is 2.30. The molecule has 0 atom stereocenters. The molecule has 0 unspecified atom stereocenters. The van der Waals surface area contributed by atoms with E-state index in [1.54, 1.807) is 12.4 Å². The molecule has 3 heterocycles. The number of benzene rings is 1. The van der Waals surface area contributed by atoms with Gasteiger partial charge in [0.15, 0.2) is 0 Å². The number of nitrogens with one attached hydrogen (secondary N) is 1. The predicted molar refractivity (Wildman–Crippen MR) is 140 cm³/mol. The first-order valence-electron chi connectivity index (χ1n) is 11.9. The number of anilines is 1. The average molecular weight is 517 g/mol. The molecule has 1 fully saturated rings. The van der Waals surface area contributed by atoms with Gasteiger partial charge in [-0.15, -0.1) is 0 Å². The molecule has 194 valence electrons. The van der Waals surface area contributed by atoms with Crippen LogP contribution in [0.15, 0.2) is 67.1 Å². The molecule has 10 heteroatoms.